The van der Waals surface area contributed by atoms with Gasteiger partial charge in [0.05, 0.1) is 6.10 Å². The van der Waals surface area contributed by atoms with E-state index in [0.717, 1.165) is 11.1 Å². The lowest BCUT2D eigenvalue weighted by Gasteiger charge is -2.13. The maximum Gasteiger partial charge on any atom is 0.303 e. The van der Waals surface area contributed by atoms with Crippen molar-refractivity contribution < 1.29 is 15.0 Å². The van der Waals surface area contributed by atoms with Crippen LogP contribution in [0.4, 0.5) is 0 Å². The number of nitrogens with two attached hydrogens (primary N) is 1. The fraction of sp³-hybridized carbons (Fsp3) is 0.462. The van der Waals surface area contributed by atoms with Gasteiger partial charge in [-0.3, -0.25) is 4.79 Å². The number of carboxylic acid groups (broad SMARTS) is 1. The van der Waals surface area contributed by atoms with Crippen LogP contribution in [-0.2, 0) is 11.2 Å². The van der Waals surface area contributed by atoms with Crippen molar-refractivity contribution >= 4 is 5.97 Å². The normalized spacial score (nSPS) is 14.3. The summed E-state index contributed by atoms with van der Waals surface area (Å²) in [6.07, 6.45) is 0.690. The van der Waals surface area contributed by atoms with Crippen LogP contribution in [0.2, 0.25) is 0 Å². The minimum absolute atomic E-state index is 0.0712. The standard InChI is InChI=1S/C13H19NO3/c1-9(15)7-10-3-2-4-11(8-10)12(14)5-6-13(16)17/h2-4,8-9,12,15H,5-7,14H2,1H3,(H,16,17). The number of benzene rings is 1. The molecule has 1 rings (SSSR count). The Kier molecular flexibility index (Phi) is 5.12. The zero-order chi connectivity index (χ0) is 12.8. The number of hydrogen-bond donors (Lipinski definition) is 3. The minimum Gasteiger partial charge on any atom is -0.481 e. The highest BCUT2D eigenvalue weighted by Gasteiger charge is 2.09. The summed E-state index contributed by atoms with van der Waals surface area (Å²) in [5.41, 5.74) is 7.85. The summed E-state index contributed by atoms with van der Waals surface area (Å²) < 4.78 is 0. The third kappa shape index (κ3) is 4.97. The first-order chi connectivity index (χ1) is 7.99. The van der Waals surface area contributed by atoms with Gasteiger partial charge >= 0.3 is 5.97 Å². The van der Waals surface area contributed by atoms with Gasteiger partial charge in [0.25, 0.3) is 0 Å². The second kappa shape index (κ2) is 6.37. The summed E-state index contributed by atoms with van der Waals surface area (Å²) in [6, 6.07) is 7.37. The molecule has 0 aromatic heterocycles. The van der Waals surface area contributed by atoms with Crippen molar-refractivity contribution in [2.75, 3.05) is 0 Å². The number of aliphatic hydroxyl groups excluding tert-OH is 1. The first-order valence-corrected chi connectivity index (χ1v) is 5.73. The maximum absolute atomic E-state index is 10.5. The highest BCUT2D eigenvalue weighted by atomic mass is 16.4. The van der Waals surface area contributed by atoms with Gasteiger partial charge in [0.1, 0.15) is 0 Å². The average Bonchev–Trinajstić information content (AvgIpc) is 2.25. The Morgan fingerprint density at radius 3 is 2.76 bits per heavy atom. The van der Waals surface area contributed by atoms with Crippen molar-refractivity contribution in [3.8, 4) is 0 Å². The van der Waals surface area contributed by atoms with Crippen molar-refractivity contribution in [2.24, 2.45) is 5.73 Å². The van der Waals surface area contributed by atoms with E-state index in [4.69, 9.17) is 10.8 Å². The molecule has 2 unspecified atom stereocenters. The molecule has 0 aliphatic carbocycles. The van der Waals surface area contributed by atoms with E-state index in [1.807, 2.05) is 24.3 Å². The predicted octanol–water partition coefficient (Wildman–Crippen LogP) is 1.47. The fourth-order valence-electron chi connectivity index (χ4n) is 1.74. The quantitative estimate of drug-likeness (QED) is 0.699. The van der Waals surface area contributed by atoms with Crippen molar-refractivity contribution in [3.05, 3.63) is 35.4 Å². The van der Waals surface area contributed by atoms with Gasteiger partial charge in [0, 0.05) is 12.5 Å². The van der Waals surface area contributed by atoms with E-state index in [1.165, 1.54) is 0 Å². The van der Waals surface area contributed by atoms with Crippen LogP contribution in [0.1, 0.15) is 36.9 Å². The first-order valence-electron chi connectivity index (χ1n) is 5.73. The van der Waals surface area contributed by atoms with Crippen molar-refractivity contribution in [1.82, 2.24) is 0 Å². The monoisotopic (exact) mass is 237 g/mol. The number of carboxylic acids is 1. The molecule has 94 valence electrons. The van der Waals surface area contributed by atoms with Crippen molar-refractivity contribution in [1.29, 1.82) is 0 Å². The lowest BCUT2D eigenvalue weighted by molar-refractivity contribution is -0.137. The molecule has 0 saturated heterocycles. The second-order valence-electron chi connectivity index (χ2n) is 4.34. The van der Waals surface area contributed by atoms with Crippen LogP contribution < -0.4 is 5.73 Å². The van der Waals surface area contributed by atoms with E-state index < -0.39 is 5.97 Å². The zero-order valence-corrected chi connectivity index (χ0v) is 9.97. The third-order valence-electron chi connectivity index (χ3n) is 2.58. The smallest absolute Gasteiger partial charge is 0.303 e. The van der Waals surface area contributed by atoms with Gasteiger partial charge in [-0.15, -0.1) is 0 Å². The Morgan fingerprint density at radius 2 is 2.18 bits per heavy atom. The summed E-state index contributed by atoms with van der Waals surface area (Å²) in [7, 11) is 0. The van der Waals surface area contributed by atoms with E-state index in [9.17, 15) is 9.90 Å². The lowest BCUT2D eigenvalue weighted by atomic mass is 9.99. The summed E-state index contributed by atoms with van der Waals surface area (Å²) in [6.45, 7) is 1.73. The summed E-state index contributed by atoms with van der Waals surface area (Å²) >= 11 is 0. The summed E-state index contributed by atoms with van der Waals surface area (Å²) in [5.74, 6) is -0.833. The third-order valence-corrected chi connectivity index (χ3v) is 2.58. The Bertz CT molecular complexity index is 377. The van der Waals surface area contributed by atoms with E-state index in [-0.39, 0.29) is 18.6 Å². The molecule has 1 aromatic carbocycles. The van der Waals surface area contributed by atoms with Crippen molar-refractivity contribution in [2.45, 2.75) is 38.3 Å². The molecule has 17 heavy (non-hydrogen) atoms. The van der Waals surface area contributed by atoms with Crippen LogP contribution in [0.15, 0.2) is 24.3 Å². The average molecular weight is 237 g/mol. The molecule has 0 spiro atoms. The van der Waals surface area contributed by atoms with Crippen LogP contribution in [0, 0.1) is 0 Å². The van der Waals surface area contributed by atoms with Crippen LogP contribution in [0.25, 0.3) is 0 Å². The van der Waals surface area contributed by atoms with Gasteiger partial charge < -0.3 is 15.9 Å². The molecule has 0 saturated carbocycles. The molecule has 4 heteroatoms. The molecular formula is C13H19NO3. The topological polar surface area (TPSA) is 83.5 Å². The summed E-state index contributed by atoms with van der Waals surface area (Å²) in [4.78, 5) is 10.5. The van der Waals surface area contributed by atoms with Gasteiger partial charge in [0.15, 0.2) is 0 Å². The van der Waals surface area contributed by atoms with Gasteiger partial charge in [-0.2, -0.15) is 0 Å². The Hall–Kier alpha value is -1.39. The van der Waals surface area contributed by atoms with E-state index in [1.54, 1.807) is 6.92 Å². The molecule has 4 N–H and O–H groups in total. The largest absolute Gasteiger partial charge is 0.481 e. The second-order valence-corrected chi connectivity index (χ2v) is 4.34. The van der Waals surface area contributed by atoms with Crippen molar-refractivity contribution in [3.63, 3.8) is 0 Å². The van der Waals surface area contributed by atoms with Gasteiger partial charge in [0.2, 0.25) is 0 Å². The van der Waals surface area contributed by atoms with Gasteiger partial charge in [-0.1, -0.05) is 24.3 Å². The van der Waals surface area contributed by atoms with E-state index in [2.05, 4.69) is 0 Å². The Balaban J connectivity index is 2.66. The number of carbonyl (C=O) groups is 1. The van der Waals surface area contributed by atoms with Crippen LogP contribution in [-0.4, -0.2) is 22.3 Å². The summed E-state index contributed by atoms with van der Waals surface area (Å²) in [5, 5.41) is 17.9. The molecule has 0 aliphatic heterocycles. The minimum atomic E-state index is -0.833. The zero-order valence-electron chi connectivity index (χ0n) is 9.97. The molecule has 0 radical (unpaired) electrons. The fourth-order valence-corrected chi connectivity index (χ4v) is 1.74. The molecular weight excluding hydrogens is 218 g/mol. The van der Waals surface area contributed by atoms with E-state index >= 15 is 0 Å². The van der Waals surface area contributed by atoms with Crippen LogP contribution in [0.3, 0.4) is 0 Å². The molecule has 0 amide bonds. The molecule has 0 fully saturated rings. The first kappa shape index (κ1) is 13.7. The Morgan fingerprint density at radius 1 is 1.47 bits per heavy atom. The highest BCUT2D eigenvalue weighted by Crippen LogP contribution is 2.17. The molecule has 4 nitrogen and oxygen atoms in total. The molecule has 0 heterocycles. The molecule has 0 bridgehead atoms. The van der Waals surface area contributed by atoms with Crippen LogP contribution >= 0.6 is 0 Å². The number of hydrogen-bond acceptors (Lipinski definition) is 3. The molecule has 1 aromatic rings. The predicted molar refractivity (Wildman–Crippen MR) is 65.6 cm³/mol. The maximum atomic E-state index is 10.5. The number of rotatable bonds is 6. The Labute approximate surface area is 101 Å². The SMILES string of the molecule is CC(O)Cc1cccc(C(N)CCC(=O)O)c1. The van der Waals surface area contributed by atoms with Gasteiger partial charge in [-0.25, -0.2) is 0 Å². The lowest BCUT2D eigenvalue weighted by Crippen LogP contribution is -2.13. The van der Waals surface area contributed by atoms with Crippen LogP contribution in [0.5, 0.6) is 0 Å². The molecule has 2 atom stereocenters. The molecule has 0 aliphatic rings. The number of aliphatic hydroxyl groups is 1. The van der Waals surface area contributed by atoms with Gasteiger partial charge in [-0.05, 0) is 30.9 Å². The highest BCUT2D eigenvalue weighted by molar-refractivity contribution is 5.66. The number of aliphatic carboxylic acids is 1. The van der Waals surface area contributed by atoms with E-state index in [0.29, 0.717) is 12.8 Å².